The van der Waals surface area contributed by atoms with Crippen LogP contribution in [0.5, 0.6) is 0 Å². The molecule has 0 spiro atoms. The lowest BCUT2D eigenvalue weighted by molar-refractivity contribution is -0.120. The molecule has 2 rings (SSSR count). The van der Waals surface area contributed by atoms with Gasteiger partial charge in [0.15, 0.2) is 0 Å². The van der Waals surface area contributed by atoms with Crippen molar-refractivity contribution in [3.63, 3.8) is 0 Å². The van der Waals surface area contributed by atoms with Crippen LogP contribution in [0.15, 0.2) is 39.9 Å². The number of carbonyl (C=O) groups excluding carboxylic acids is 2. The lowest BCUT2D eigenvalue weighted by Crippen LogP contribution is -2.30. The second kappa shape index (κ2) is 5.03. The predicted octanol–water partition coefficient (Wildman–Crippen LogP) is 2.65. The molecule has 0 N–H and O–H groups in total. The van der Waals surface area contributed by atoms with Gasteiger partial charge in [-0.2, -0.15) is 0 Å². The minimum absolute atomic E-state index is 0.237. The summed E-state index contributed by atoms with van der Waals surface area (Å²) in [5, 5.41) is 3.43. The highest BCUT2D eigenvalue weighted by Gasteiger charge is 2.30. The van der Waals surface area contributed by atoms with Crippen LogP contribution < -0.4 is 4.90 Å². The third-order valence-electron chi connectivity index (χ3n) is 2.39. The first-order valence-electron chi connectivity index (χ1n) is 4.99. The molecule has 1 aromatic carbocycles. The third-order valence-corrected chi connectivity index (χ3v) is 2.96. The molecule has 0 saturated heterocycles. The highest BCUT2D eigenvalue weighted by atomic mass is 79.9. The Morgan fingerprint density at radius 3 is 2.44 bits per heavy atom. The maximum atomic E-state index is 11.7. The quantitative estimate of drug-likeness (QED) is 0.372. The summed E-state index contributed by atoms with van der Waals surface area (Å²) in [6.45, 7) is 0.237. The second-order valence-electron chi connectivity index (χ2n) is 3.53. The van der Waals surface area contributed by atoms with Crippen LogP contribution in [0.4, 0.5) is 5.69 Å². The molecule has 1 aliphatic heterocycles. The summed E-state index contributed by atoms with van der Waals surface area (Å²) in [5.41, 5.74) is 9.50. The van der Waals surface area contributed by atoms with E-state index in [0.717, 1.165) is 10.5 Å². The van der Waals surface area contributed by atoms with Crippen molar-refractivity contribution in [3.8, 4) is 0 Å². The number of halogens is 1. The Kier molecular flexibility index (Phi) is 3.45. The molecule has 90 valence electrons. The molecule has 0 unspecified atom stereocenters. The summed E-state index contributed by atoms with van der Waals surface area (Å²) in [7, 11) is 0. The normalized spacial score (nSPS) is 14.5. The minimum atomic E-state index is -0.386. The average Bonchev–Trinajstić information content (AvgIpc) is 2.62. The van der Waals surface area contributed by atoms with Gasteiger partial charge in [-0.25, -0.2) is 4.90 Å². The van der Waals surface area contributed by atoms with Gasteiger partial charge in [-0.05, 0) is 39.2 Å². The molecular formula is C11H7BrN4O2. The lowest BCUT2D eigenvalue weighted by atomic mass is 10.2. The molecule has 6 nitrogen and oxygen atoms in total. The first-order valence-corrected chi connectivity index (χ1v) is 5.78. The fourth-order valence-corrected chi connectivity index (χ4v) is 1.92. The van der Waals surface area contributed by atoms with Gasteiger partial charge in [0.2, 0.25) is 0 Å². The van der Waals surface area contributed by atoms with Gasteiger partial charge in [0.25, 0.3) is 11.8 Å². The van der Waals surface area contributed by atoms with E-state index in [2.05, 4.69) is 26.0 Å². The number of anilines is 1. The number of carbonyl (C=O) groups is 2. The number of rotatable bonds is 3. The van der Waals surface area contributed by atoms with Crippen molar-refractivity contribution in [1.29, 1.82) is 0 Å². The van der Waals surface area contributed by atoms with Crippen molar-refractivity contribution in [2.24, 2.45) is 5.11 Å². The average molecular weight is 307 g/mol. The summed E-state index contributed by atoms with van der Waals surface area (Å²) in [5.74, 6) is -0.766. The Bertz CT molecular complexity index is 588. The van der Waals surface area contributed by atoms with Crippen LogP contribution in [0, 0.1) is 0 Å². The maximum Gasteiger partial charge on any atom is 0.272 e. The standard InChI is InChI=1S/C11H7BrN4O2/c12-9-5-10(17)16(11(9)18)8-3-1-7(2-4-8)6-14-15-13/h1-5H,6H2. The van der Waals surface area contributed by atoms with Crippen LogP contribution in [0.1, 0.15) is 5.56 Å². The molecule has 0 atom stereocenters. The summed E-state index contributed by atoms with van der Waals surface area (Å²) >= 11 is 3.02. The van der Waals surface area contributed by atoms with Gasteiger partial charge in [-0.3, -0.25) is 9.59 Å². The number of azide groups is 1. The van der Waals surface area contributed by atoms with Gasteiger partial charge < -0.3 is 0 Å². The largest absolute Gasteiger partial charge is 0.272 e. The van der Waals surface area contributed by atoms with Crippen LogP contribution >= 0.6 is 15.9 Å². The van der Waals surface area contributed by atoms with Crippen molar-refractivity contribution in [3.05, 3.63) is 50.8 Å². The smallest absolute Gasteiger partial charge is 0.269 e. The third kappa shape index (κ3) is 2.27. The number of imide groups is 1. The van der Waals surface area contributed by atoms with Crippen LogP contribution in [-0.2, 0) is 16.1 Å². The number of hydrogen-bond acceptors (Lipinski definition) is 3. The van der Waals surface area contributed by atoms with Gasteiger partial charge in [-0.1, -0.05) is 17.2 Å². The predicted molar refractivity (Wildman–Crippen MR) is 68.8 cm³/mol. The van der Waals surface area contributed by atoms with Gasteiger partial charge in [0, 0.05) is 11.0 Å². The van der Waals surface area contributed by atoms with E-state index in [1.807, 2.05) is 0 Å². The Labute approximate surface area is 111 Å². The Hall–Kier alpha value is -2.11. The van der Waals surface area contributed by atoms with E-state index in [9.17, 15) is 9.59 Å². The monoisotopic (exact) mass is 306 g/mol. The summed E-state index contributed by atoms with van der Waals surface area (Å²) in [4.78, 5) is 27.0. The molecule has 0 saturated carbocycles. The first-order chi connectivity index (χ1) is 8.63. The molecule has 0 aliphatic carbocycles. The number of benzene rings is 1. The zero-order valence-electron chi connectivity index (χ0n) is 9.08. The first kappa shape index (κ1) is 12.3. The van der Waals surface area contributed by atoms with E-state index >= 15 is 0 Å². The summed E-state index contributed by atoms with van der Waals surface area (Å²) in [6.07, 6.45) is 1.23. The van der Waals surface area contributed by atoms with Crippen molar-refractivity contribution >= 4 is 33.4 Å². The topological polar surface area (TPSA) is 86.1 Å². The van der Waals surface area contributed by atoms with Gasteiger partial charge >= 0.3 is 0 Å². The molecule has 0 fully saturated rings. The van der Waals surface area contributed by atoms with Crippen molar-refractivity contribution < 1.29 is 9.59 Å². The van der Waals surface area contributed by atoms with Crippen LogP contribution in [0.2, 0.25) is 0 Å². The molecule has 1 aliphatic rings. The van der Waals surface area contributed by atoms with E-state index in [-0.39, 0.29) is 22.8 Å². The zero-order chi connectivity index (χ0) is 13.1. The molecule has 7 heteroatoms. The van der Waals surface area contributed by atoms with E-state index in [4.69, 9.17) is 5.53 Å². The molecule has 0 aromatic heterocycles. The molecular weight excluding hydrogens is 300 g/mol. The fourth-order valence-electron chi connectivity index (χ4n) is 1.55. The van der Waals surface area contributed by atoms with Crippen LogP contribution in [0.25, 0.3) is 10.4 Å². The van der Waals surface area contributed by atoms with E-state index in [1.165, 1.54) is 6.08 Å². The number of nitrogens with zero attached hydrogens (tertiary/aromatic N) is 4. The summed E-state index contributed by atoms with van der Waals surface area (Å²) in [6, 6.07) is 6.68. The fraction of sp³-hybridized carbons (Fsp3) is 0.0909. The van der Waals surface area contributed by atoms with Crippen molar-refractivity contribution in [2.75, 3.05) is 4.90 Å². The van der Waals surface area contributed by atoms with Gasteiger partial charge in [0.05, 0.1) is 16.7 Å². The number of amides is 2. The molecule has 0 bridgehead atoms. The van der Waals surface area contributed by atoms with Crippen LogP contribution in [-0.4, -0.2) is 11.8 Å². The second-order valence-corrected chi connectivity index (χ2v) is 4.38. The Balaban J connectivity index is 2.23. The van der Waals surface area contributed by atoms with Crippen LogP contribution in [0.3, 0.4) is 0 Å². The minimum Gasteiger partial charge on any atom is -0.269 e. The highest BCUT2D eigenvalue weighted by Crippen LogP contribution is 2.25. The molecule has 18 heavy (non-hydrogen) atoms. The van der Waals surface area contributed by atoms with Crippen molar-refractivity contribution in [1.82, 2.24) is 0 Å². The van der Waals surface area contributed by atoms with E-state index < -0.39 is 0 Å². The SMILES string of the molecule is [N-]=[N+]=NCc1ccc(N2C(=O)C=C(Br)C2=O)cc1. The Morgan fingerprint density at radius 2 is 1.94 bits per heavy atom. The van der Waals surface area contributed by atoms with Gasteiger partial charge in [0.1, 0.15) is 0 Å². The van der Waals surface area contributed by atoms with Crippen molar-refractivity contribution in [2.45, 2.75) is 6.54 Å². The molecule has 0 radical (unpaired) electrons. The maximum absolute atomic E-state index is 11.7. The number of hydrogen-bond donors (Lipinski definition) is 0. The Morgan fingerprint density at radius 1 is 1.28 bits per heavy atom. The van der Waals surface area contributed by atoms with E-state index in [1.54, 1.807) is 24.3 Å². The summed E-state index contributed by atoms with van der Waals surface area (Å²) < 4.78 is 0.241. The van der Waals surface area contributed by atoms with E-state index in [0.29, 0.717) is 5.69 Å². The molecule has 1 heterocycles. The lowest BCUT2D eigenvalue weighted by Gasteiger charge is -2.14. The molecule has 1 aromatic rings. The van der Waals surface area contributed by atoms with Gasteiger partial charge in [-0.15, -0.1) is 0 Å². The zero-order valence-corrected chi connectivity index (χ0v) is 10.7. The molecule has 2 amide bonds. The highest BCUT2D eigenvalue weighted by molar-refractivity contribution is 9.12.